The van der Waals surface area contributed by atoms with Crippen LogP contribution in [0.2, 0.25) is 0 Å². The number of alkyl halides is 1. The zero-order chi connectivity index (χ0) is 32.4. The van der Waals surface area contributed by atoms with Crippen molar-refractivity contribution in [2.24, 2.45) is 11.8 Å². The van der Waals surface area contributed by atoms with Crippen molar-refractivity contribution in [2.75, 3.05) is 52.9 Å². The Bertz CT molecular complexity index is 1070. The number of aliphatic hydroxyl groups excluding tert-OH is 1. The van der Waals surface area contributed by atoms with E-state index < -0.39 is 48.2 Å². The molecule has 0 aliphatic carbocycles. The van der Waals surface area contributed by atoms with Gasteiger partial charge in [0.1, 0.15) is 17.9 Å². The molecule has 7 atom stereocenters. The van der Waals surface area contributed by atoms with Crippen LogP contribution in [0.1, 0.15) is 53.4 Å². The van der Waals surface area contributed by atoms with Gasteiger partial charge in [0, 0.05) is 44.6 Å². The van der Waals surface area contributed by atoms with E-state index in [1.807, 2.05) is 33.9 Å². The van der Waals surface area contributed by atoms with Crippen LogP contribution >= 0.6 is 0 Å². The number of hydrogen-bond donors (Lipinski definition) is 2. The lowest BCUT2D eigenvalue weighted by atomic mass is 9.89. The Kier molecular flexibility index (Phi) is 13.2. The van der Waals surface area contributed by atoms with Crippen molar-refractivity contribution in [3.63, 3.8) is 0 Å². The second kappa shape index (κ2) is 16.4. The van der Waals surface area contributed by atoms with Gasteiger partial charge in [-0.15, -0.1) is 0 Å². The van der Waals surface area contributed by atoms with Crippen molar-refractivity contribution in [3.05, 3.63) is 36.0 Å². The van der Waals surface area contributed by atoms with Crippen molar-refractivity contribution in [1.29, 1.82) is 0 Å². The maximum absolute atomic E-state index is 13.4. The maximum Gasteiger partial charge on any atom is 0.410 e. The number of ether oxygens (including phenoxy) is 3. The minimum absolute atomic E-state index is 0.0612. The number of allylic oxidation sites excluding steroid dienone is 2. The minimum Gasteiger partial charge on any atom is -0.457 e. The molecule has 0 aromatic carbocycles. The zero-order valence-electron chi connectivity index (χ0n) is 26.7. The summed E-state index contributed by atoms with van der Waals surface area (Å²) in [7, 11) is 1.99. The summed E-state index contributed by atoms with van der Waals surface area (Å²) in [5.74, 6) is -1.04. The summed E-state index contributed by atoms with van der Waals surface area (Å²) in [4.78, 5) is 43.0. The third-order valence-corrected chi connectivity index (χ3v) is 8.42. The average molecular weight is 624 g/mol. The van der Waals surface area contributed by atoms with Crippen LogP contribution in [-0.4, -0.2) is 126 Å². The first-order valence-electron chi connectivity index (χ1n) is 15.6. The summed E-state index contributed by atoms with van der Waals surface area (Å²) in [5, 5.41) is 21.8. The van der Waals surface area contributed by atoms with E-state index in [4.69, 9.17) is 14.2 Å². The summed E-state index contributed by atoms with van der Waals surface area (Å²) >= 11 is 0. The van der Waals surface area contributed by atoms with E-state index in [0.717, 1.165) is 18.7 Å². The zero-order valence-corrected chi connectivity index (χ0v) is 26.7. The van der Waals surface area contributed by atoms with Crippen molar-refractivity contribution in [2.45, 2.75) is 83.5 Å². The van der Waals surface area contributed by atoms with E-state index in [2.05, 4.69) is 4.90 Å². The minimum atomic E-state index is -1.48. The molecule has 1 unspecified atom stereocenters. The molecule has 0 aromatic heterocycles. The average Bonchev–Trinajstić information content (AvgIpc) is 3.41. The number of carbonyl (C=O) groups excluding carboxylic acids is 3. The number of nitrogens with zero attached hydrogens (tertiary/aromatic N) is 3. The third-order valence-electron chi connectivity index (χ3n) is 8.42. The summed E-state index contributed by atoms with van der Waals surface area (Å²) in [6.45, 7) is 10.2. The number of amides is 2. The fourth-order valence-corrected chi connectivity index (χ4v) is 5.35. The highest BCUT2D eigenvalue weighted by atomic mass is 19.1. The molecule has 2 N–H and O–H groups in total. The second-order valence-corrected chi connectivity index (χ2v) is 12.7. The van der Waals surface area contributed by atoms with E-state index >= 15 is 0 Å². The monoisotopic (exact) mass is 623 g/mol. The van der Waals surface area contributed by atoms with Gasteiger partial charge < -0.3 is 39.1 Å². The maximum atomic E-state index is 13.4. The first kappa shape index (κ1) is 35.5. The van der Waals surface area contributed by atoms with Gasteiger partial charge in [-0.25, -0.2) is 14.0 Å². The van der Waals surface area contributed by atoms with Crippen LogP contribution in [0.25, 0.3) is 0 Å². The van der Waals surface area contributed by atoms with Gasteiger partial charge in [0.05, 0.1) is 25.7 Å². The van der Waals surface area contributed by atoms with Gasteiger partial charge in [0.25, 0.3) is 0 Å². The summed E-state index contributed by atoms with van der Waals surface area (Å²) in [5.41, 5.74) is -0.751. The highest BCUT2D eigenvalue weighted by Gasteiger charge is 2.37. The van der Waals surface area contributed by atoms with Crippen molar-refractivity contribution in [3.8, 4) is 0 Å². The molecule has 2 amide bonds. The SMILES string of the molecule is C/C(=C\C=C\C(C)COC(=O)N1CC[C@@H](F)C1)[C@H]1OC(=O)C[C@@H](O)CC[C@](C)(O)[C@@H](OC(=O)N2CCN(C)CC2)/C=C/[C@@H]1C. The van der Waals surface area contributed by atoms with Gasteiger partial charge in [-0.05, 0) is 51.8 Å². The molecule has 11 nitrogen and oxygen atoms in total. The number of esters is 1. The van der Waals surface area contributed by atoms with E-state index in [1.165, 1.54) is 4.90 Å². The number of rotatable bonds is 6. The Balaban J connectivity index is 1.70. The fourth-order valence-electron chi connectivity index (χ4n) is 5.35. The van der Waals surface area contributed by atoms with Crippen molar-refractivity contribution in [1.82, 2.24) is 14.7 Å². The smallest absolute Gasteiger partial charge is 0.410 e. The predicted molar refractivity (Wildman–Crippen MR) is 162 cm³/mol. The largest absolute Gasteiger partial charge is 0.457 e. The molecule has 12 heteroatoms. The molecule has 0 saturated carbocycles. The van der Waals surface area contributed by atoms with Crippen LogP contribution < -0.4 is 0 Å². The van der Waals surface area contributed by atoms with E-state index in [-0.39, 0.29) is 44.2 Å². The Hall–Kier alpha value is -2.96. The Morgan fingerprint density at radius 3 is 2.52 bits per heavy atom. The first-order valence-corrected chi connectivity index (χ1v) is 15.6. The number of hydrogen-bond acceptors (Lipinski definition) is 9. The molecule has 2 saturated heterocycles. The van der Waals surface area contributed by atoms with Crippen LogP contribution in [0.15, 0.2) is 36.0 Å². The normalized spacial score (nSPS) is 32.9. The molecule has 3 aliphatic rings. The van der Waals surface area contributed by atoms with Gasteiger partial charge in [-0.2, -0.15) is 0 Å². The summed E-state index contributed by atoms with van der Waals surface area (Å²) < 4.78 is 30.3. The van der Waals surface area contributed by atoms with Crippen LogP contribution in [0.3, 0.4) is 0 Å². The number of halogens is 1. The number of likely N-dealkylation sites (N-methyl/N-ethyl adjacent to an activating group) is 1. The molecule has 248 valence electrons. The molecule has 3 aliphatic heterocycles. The highest BCUT2D eigenvalue weighted by Crippen LogP contribution is 2.27. The van der Waals surface area contributed by atoms with Gasteiger partial charge in [0.2, 0.25) is 0 Å². The lowest BCUT2D eigenvalue weighted by molar-refractivity contribution is -0.151. The quantitative estimate of drug-likeness (QED) is 0.198. The number of carbonyl (C=O) groups is 3. The fraction of sp³-hybridized carbons (Fsp3) is 0.719. The second-order valence-electron chi connectivity index (χ2n) is 12.7. The third kappa shape index (κ3) is 10.9. The Morgan fingerprint density at radius 2 is 1.86 bits per heavy atom. The molecule has 0 aromatic rings. The van der Waals surface area contributed by atoms with Crippen LogP contribution in [0.4, 0.5) is 14.0 Å². The van der Waals surface area contributed by atoms with Gasteiger partial charge in [0.15, 0.2) is 6.10 Å². The molecule has 0 radical (unpaired) electrons. The topological polar surface area (TPSA) is 129 Å². The predicted octanol–water partition coefficient (Wildman–Crippen LogP) is 3.46. The lowest BCUT2D eigenvalue weighted by Crippen LogP contribution is -2.50. The van der Waals surface area contributed by atoms with E-state index in [1.54, 1.807) is 36.1 Å². The standard InChI is InChI=1S/C32H50FN3O8/c1-22(21-42-30(39)36-14-12-25(33)20-36)7-6-8-23(2)29-24(3)9-10-27(43-31(40)35-17-15-34(5)16-18-35)32(4,41)13-11-26(37)19-28(38)44-29/h6-10,22,24-27,29,37,41H,11-21H2,1-5H3/b7-6+,10-9+,23-8+/t22?,24-,25+,26-,27-,29+,32-/m0/s1. The van der Waals surface area contributed by atoms with Gasteiger partial charge in [-0.3, -0.25) is 4.79 Å². The summed E-state index contributed by atoms with van der Waals surface area (Å²) in [6, 6.07) is 0. The van der Waals surface area contributed by atoms with Gasteiger partial charge >= 0.3 is 18.2 Å². The number of cyclic esters (lactones) is 1. The molecule has 3 heterocycles. The molecule has 44 heavy (non-hydrogen) atoms. The van der Waals surface area contributed by atoms with E-state index in [0.29, 0.717) is 26.1 Å². The molecular formula is C32H50FN3O8. The molecule has 0 spiro atoms. The molecule has 0 bridgehead atoms. The Morgan fingerprint density at radius 1 is 1.16 bits per heavy atom. The number of likely N-dealkylation sites (tertiary alicyclic amines) is 1. The van der Waals surface area contributed by atoms with Crippen molar-refractivity contribution < 1.29 is 43.2 Å². The lowest BCUT2D eigenvalue weighted by Gasteiger charge is -2.36. The molecule has 3 rings (SSSR count). The number of aliphatic hydroxyl groups is 2. The Labute approximate surface area is 260 Å². The molecular weight excluding hydrogens is 573 g/mol. The van der Waals surface area contributed by atoms with Crippen molar-refractivity contribution >= 4 is 18.2 Å². The first-order chi connectivity index (χ1) is 20.7. The van der Waals surface area contributed by atoms with Crippen LogP contribution in [0.5, 0.6) is 0 Å². The summed E-state index contributed by atoms with van der Waals surface area (Å²) in [6.07, 6.45) is 4.43. The molecule has 2 fully saturated rings. The highest BCUT2D eigenvalue weighted by molar-refractivity contribution is 5.70. The van der Waals surface area contributed by atoms with E-state index in [9.17, 15) is 29.0 Å². The van der Waals surface area contributed by atoms with Crippen LogP contribution in [-0.2, 0) is 19.0 Å². The van der Waals surface area contributed by atoms with Gasteiger partial charge in [-0.1, -0.05) is 38.2 Å². The number of piperazine rings is 1. The van der Waals surface area contributed by atoms with Crippen LogP contribution in [0, 0.1) is 11.8 Å².